The van der Waals surface area contributed by atoms with Crippen LogP contribution < -0.4 is 0 Å². The van der Waals surface area contributed by atoms with E-state index in [0.717, 1.165) is 17.7 Å². The highest BCUT2D eigenvalue weighted by Crippen LogP contribution is 2.63. The molecule has 1 saturated carbocycles. The van der Waals surface area contributed by atoms with Gasteiger partial charge in [0.2, 0.25) is 0 Å². The molecule has 2 aliphatic rings. The van der Waals surface area contributed by atoms with Crippen molar-refractivity contribution in [2.24, 2.45) is 11.8 Å². The maximum atomic E-state index is 9.31. The molecule has 1 aromatic rings. The summed E-state index contributed by atoms with van der Waals surface area (Å²) in [4.78, 5) is 1.20. The van der Waals surface area contributed by atoms with Crippen molar-refractivity contribution in [2.75, 3.05) is 13.2 Å². The number of ether oxygens (including phenoxy) is 1. The third-order valence-electron chi connectivity index (χ3n) is 3.30. The van der Waals surface area contributed by atoms with Crippen LogP contribution in [0.2, 0.25) is 0 Å². The zero-order valence-corrected chi connectivity index (χ0v) is 9.77. The van der Waals surface area contributed by atoms with Crippen molar-refractivity contribution in [1.82, 2.24) is 0 Å². The van der Waals surface area contributed by atoms with Crippen LogP contribution in [-0.4, -0.2) is 13.2 Å². The summed E-state index contributed by atoms with van der Waals surface area (Å²) < 4.78 is 6.42. The molecule has 2 nitrogen and oxygen atoms in total. The summed E-state index contributed by atoms with van der Waals surface area (Å²) in [6.07, 6.45) is 0. The standard InChI is InChI=1S/C10H8BrNOS/c11-6-1-9(14-4-6)10(5-12)7-2-13-3-8(7)10/h1,4,7-8H,2-3H2/t7-,8?,10?/m0/s1. The Morgan fingerprint density at radius 3 is 2.79 bits per heavy atom. The van der Waals surface area contributed by atoms with Crippen LogP contribution in [0.3, 0.4) is 0 Å². The fraction of sp³-hybridized carbons (Fsp3) is 0.500. The molecule has 1 saturated heterocycles. The van der Waals surface area contributed by atoms with Crippen LogP contribution in [0.15, 0.2) is 15.9 Å². The molecule has 72 valence electrons. The zero-order chi connectivity index (χ0) is 9.76. The van der Waals surface area contributed by atoms with E-state index in [1.807, 2.05) is 5.38 Å². The lowest BCUT2D eigenvalue weighted by molar-refractivity contribution is 0.152. The molecule has 2 heterocycles. The van der Waals surface area contributed by atoms with Gasteiger partial charge in [0.25, 0.3) is 0 Å². The summed E-state index contributed by atoms with van der Waals surface area (Å²) in [6.45, 7) is 1.52. The summed E-state index contributed by atoms with van der Waals surface area (Å²) >= 11 is 5.11. The molecular formula is C10H8BrNOS. The van der Waals surface area contributed by atoms with Crippen LogP contribution in [0.1, 0.15) is 4.88 Å². The van der Waals surface area contributed by atoms with Crippen LogP contribution in [0.25, 0.3) is 0 Å². The highest BCUT2D eigenvalue weighted by molar-refractivity contribution is 9.10. The molecule has 2 unspecified atom stereocenters. The van der Waals surface area contributed by atoms with Crippen molar-refractivity contribution in [1.29, 1.82) is 5.26 Å². The molecule has 0 spiro atoms. The van der Waals surface area contributed by atoms with Gasteiger partial charge in [-0.25, -0.2) is 0 Å². The lowest BCUT2D eigenvalue weighted by atomic mass is 10.0. The summed E-state index contributed by atoms with van der Waals surface area (Å²) in [6, 6.07) is 4.57. The Balaban J connectivity index is 2.02. The van der Waals surface area contributed by atoms with Crippen LogP contribution in [0.5, 0.6) is 0 Å². The Labute approximate surface area is 94.6 Å². The van der Waals surface area contributed by atoms with Crippen LogP contribution in [0, 0.1) is 23.2 Å². The number of hydrogen-bond acceptors (Lipinski definition) is 3. The Morgan fingerprint density at radius 2 is 2.29 bits per heavy atom. The smallest absolute Gasteiger partial charge is 0.102 e. The number of rotatable bonds is 1. The highest BCUT2D eigenvalue weighted by atomic mass is 79.9. The van der Waals surface area contributed by atoms with E-state index in [1.54, 1.807) is 11.3 Å². The average Bonchev–Trinajstić information content (AvgIpc) is 2.66. The van der Waals surface area contributed by atoms with Crippen molar-refractivity contribution < 1.29 is 4.74 Å². The van der Waals surface area contributed by atoms with Gasteiger partial charge in [0.05, 0.1) is 19.3 Å². The zero-order valence-electron chi connectivity index (χ0n) is 7.37. The molecular weight excluding hydrogens is 262 g/mol. The predicted molar refractivity (Wildman–Crippen MR) is 57.1 cm³/mol. The van der Waals surface area contributed by atoms with Crippen molar-refractivity contribution in [2.45, 2.75) is 5.41 Å². The minimum Gasteiger partial charge on any atom is -0.381 e. The van der Waals surface area contributed by atoms with E-state index in [1.165, 1.54) is 4.88 Å². The van der Waals surface area contributed by atoms with Crippen molar-refractivity contribution in [3.8, 4) is 6.07 Å². The Bertz CT molecular complexity index is 412. The van der Waals surface area contributed by atoms with E-state index in [0.29, 0.717) is 11.8 Å². The normalized spacial score (nSPS) is 39.1. The molecule has 1 aliphatic carbocycles. The summed E-state index contributed by atoms with van der Waals surface area (Å²) in [5.41, 5.74) is -0.213. The minimum atomic E-state index is -0.213. The first-order chi connectivity index (χ1) is 6.79. The van der Waals surface area contributed by atoms with E-state index >= 15 is 0 Å². The molecule has 3 atom stereocenters. The van der Waals surface area contributed by atoms with Crippen molar-refractivity contribution in [3.63, 3.8) is 0 Å². The molecule has 2 fully saturated rings. The van der Waals surface area contributed by atoms with E-state index in [2.05, 4.69) is 28.1 Å². The van der Waals surface area contributed by atoms with Crippen LogP contribution >= 0.6 is 27.3 Å². The number of thiophene rings is 1. The maximum Gasteiger partial charge on any atom is 0.102 e. The average molecular weight is 270 g/mol. The fourth-order valence-electron chi connectivity index (χ4n) is 2.47. The van der Waals surface area contributed by atoms with Gasteiger partial charge in [0, 0.05) is 26.6 Å². The fourth-order valence-corrected chi connectivity index (χ4v) is 4.18. The molecule has 14 heavy (non-hydrogen) atoms. The minimum absolute atomic E-state index is 0.213. The Hall–Kier alpha value is -0.370. The van der Waals surface area contributed by atoms with E-state index in [4.69, 9.17) is 4.74 Å². The highest BCUT2D eigenvalue weighted by Gasteiger charge is 2.69. The predicted octanol–water partition coefficient (Wildman–Crippen LogP) is 2.55. The Kier molecular flexibility index (Phi) is 1.79. The molecule has 0 aromatic carbocycles. The number of hydrogen-bond donors (Lipinski definition) is 0. The third-order valence-corrected chi connectivity index (χ3v) is 5.14. The summed E-state index contributed by atoms with van der Waals surface area (Å²) in [7, 11) is 0. The van der Waals surface area contributed by atoms with Gasteiger partial charge < -0.3 is 4.74 Å². The number of fused-ring (bicyclic) bond motifs is 1. The first kappa shape index (κ1) is 8.90. The molecule has 0 N–H and O–H groups in total. The monoisotopic (exact) mass is 269 g/mol. The third kappa shape index (κ3) is 0.928. The SMILES string of the molecule is N#CC1(c2cc(Br)cs2)C2COC[C@@H]21. The maximum absolute atomic E-state index is 9.31. The van der Waals surface area contributed by atoms with Gasteiger partial charge in [0.15, 0.2) is 0 Å². The lowest BCUT2D eigenvalue weighted by Crippen LogP contribution is -2.14. The van der Waals surface area contributed by atoms with Gasteiger partial charge in [-0.05, 0) is 22.0 Å². The van der Waals surface area contributed by atoms with Gasteiger partial charge in [0.1, 0.15) is 5.41 Å². The van der Waals surface area contributed by atoms with E-state index in [9.17, 15) is 5.26 Å². The van der Waals surface area contributed by atoms with Crippen LogP contribution in [-0.2, 0) is 10.2 Å². The molecule has 0 radical (unpaired) electrons. The van der Waals surface area contributed by atoms with Crippen LogP contribution in [0.4, 0.5) is 0 Å². The van der Waals surface area contributed by atoms with Gasteiger partial charge in [-0.2, -0.15) is 5.26 Å². The van der Waals surface area contributed by atoms with Gasteiger partial charge in [-0.3, -0.25) is 0 Å². The lowest BCUT2D eigenvalue weighted by Gasteiger charge is -2.09. The Morgan fingerprint density at radius 1 is 1.57 bits per heavy atom. The second-order valence-corrected chi connectivity index (χ2v) is 5.69. The van der Waals surface area contributed by atoms with Crippen molar-refractivity contribution >= 4 is 27.3 Å². The number of nitriles is 1. The summed E-state index contributed by atoms with van der Waals surface area (Å²) in [5.74, 6) is 0.885. The molecule has 0 bridgehead atoms. The van der Waals surface area contributed by atoms with Gasteiger partial charge in [-0.15, -0.1) is 11.3 Å². The first-order valence-corrected chi connectivity index (χ1v) is 6.20. The van der Waals surface area contributed by atoms with Gasteiger partial charge >= 0.3 is 0 Å². The topological polar surface area (TPSA) is 33.0 Å². The van der Waals surface area contributed by atoms with Gasteiger partial charge in [-0.1, -0.05) is 0 Å². The molecule has 1 aliphatic heterocycles. The first-order valence-electron chi connectivity index (χ1n) is 4.52. The summed E-state index contributed by atoms with van der Waals surface area (Å²) in [5, 5.41) is 11.4. The molecule has 0 amide bonds. The largest absolute Gasteiger partial charge is 0.381 e. The molecule has 3 rings (SSSR count). The van der Waals surface area contributed by atoms with E-state index < -0.39 is 0 Å². The number of halogens is 1. The second-order valence-electron chi connectivity index (χ2n) is 3.86. The van der Waals surface area contributed by atoms with Crippen molar-refractivity contribution in [3.05, 3.63) is 20.8 Å². The second kappa shape index (κ2) is 2.82. The number of nitrogens with zero attached hydrogens (tertiary/aromatic N) is 1. The van der Waals surface area contributed by atoms with E-state index in [-0.39, 0.29) is 5.41 Å². The quantitative estimate of drug-likeness (QED) is 0.785. The molecule has 4 heteroatoms. The molecule has 1 aromatic heterocycles.